The summed E-state index contributed by atoms with van der Waals surface area (Å²) >= 11 is 1.71. The smallest absolute Gasteiger partial charge is 0.410 e. The van der Waals surface area contributed by atoms with Crippen LogP contribution in [0.1, 0.15) is 61.0 Å². The average Bonchev–Trinajstić information content (AvgIpc) is 2.56. The SMILES string of the molecule is Cc1cc(SC(C)(C)C)ccc1NC(=O)C1CN(C(=O)OC(C)(C)C)CC(C)(C)S1(=O)=O. The average molecular weight is 485 g/mol. The van der Waals surface area contributed by atoms with E-state index < -0.39 is 37.4 Å². The Morgan fingerprint density at radius 2 is 1.75 bits per heavy atom. The molecule has 0 radical (unpaired) electrons. The number of ether oxygens (including phenoxy) is 1. The number of carbonyl (C=O) groups excluding carboxylic acids is 2. The van der Waals surface area contributed by atoms with Gasteiger partial charge in [-0.2, -0.15) is 0 Å². The predicted octanol–water partition coefficient (Wildman–Crippen LogP) is 4.64. The van der Waals surface area contributed by atoms with E-state index in [1.165, 1.54) is 18.7 Å². The highest BCUT2D eigenvalue weighted by atomic mass is 32.2. The van der Waals surface area contributed by atoms with Gasteiger partial charge >= 0.3 is 6.09 Å². The standard InChI is InChI=1S/C23H36N2O5S2/c1-15-12-16(31-22(5,6)7)10-11-17(15)24-19(26)18-13-25(20(27)30-21(2,3)4)14-23(8,9)32(18,28)29/h10-12,18H,13-14H2,1-9H3,(H,24,26). The molecule has 0 bridgehead atoms. The molecular formula is C23H36N2O5S2. The van der Waals surface area contributed by atoms with Crippen LogP contribution in [0.25, 0.3) is 0 Å². The van der Waals surface area contributed by atoms with Crippen molar-refractivity contribution in [3.63, 3.8) is 0 Å². The number of thioether (sulfide) groups is 1. The van der Waals surface area contributed by atoms with E-state index in [1.807, 2.05) is 19.1 Å². The monoisotopic (exact) mass is 484 g/mol. The summed E-state index contributed by atoms with van der Waals surface area (Å²) in [7, 11) is -3.84. The van der Waals surface area contributed by atoms with Crippen molar-refractivity contribution in [2.45, 2.75) is 87.6 Å². The van der Waals surface area contributed by atoms with E-state index in [9.17, 15) is 18.0 Å². The molecule has 0 aromatic heterocycles. The third-order valence-corrected chi connectivity index (χ3v) is 8.81. The van der Waals surface area contributed by atoms with Crippen LogP contribution in [0.4, 0.5) is 10.5 Å². The minimum Gasteiger partial charge on any atom is -0.444 e. The van der Waals surface area contributed by atoms with Gasteiger partial charge in [0.25, 0.3) is 0 Å². The van der Waals surface area contributed by atoms with Crippen LogP contribution in [-0.4, -0.2) is 58.8 Å². The molecule has 2 rings (SSSR count). The van der Waals surface area contributed by atoms with Gasteiger partial charge in [-0.15, -0.1) is 11.8 Å². The Balaban J connectivity index is 2.27. The second-order valence-electron chi connectivity index (χ2n) is 10.8. The maximum atomic E-state index is 13.2. The summed E-state index contributed by atoms with van der Waals surface area (Å²) in [6.45, 7) is 16.2. The number of benzene rings is 1. The Kier molecular flexibility index (Phi) is 7.37. The molecule has 1 aromatic rings. The lowest BCUT2D eigenvalue weighted by atomic mass is 10.1. The summed E-state index contributed by atoms with van der Waals surface area (Å²) in [6, 6.07) is 5.66. The Bertz CT molecular complexity index is 989. The largest absolute Gasteiger partial charge is 0.444 e. The molecule has 1 unspecified atom stereocenters. The first kappa shape index (κ1) is 26.5. The van der Waals surface area contributed by atoms with Gasteiger partial charge in [0.15, 0.2) is 15.1 Å². The summed E-state index contributed by atoms with van der Waals surface area (Å²) in [5.41, 5.74) is 0.666. The fraction of sp³-hybridized carbons (Fsp3) is 0.652. The number of nitrogens with one attached hydrogen (secondary N) is 1. The lowest BCUT2D eigenvalue weighted by Crippen LogP contribution is -2.62. The van der Waals surface area contributed by atoms with Gasteiger partial charge in [-0.05, 0) is 65.3 Å². The molecule has 1 heterocycles. The summed E-state index contributed by atoms with van der Waals surface area (Å²) in [5, 5.41) is 1.38. The molecule has 0 aliphatic carbocycles. The van der Waals surface area contributed by atoms with E-state index in [0.29, 0.717) is 5.69 Å². The summed E-state index contributed by atoms with van der Waals surface area (Å²) in [5.74, 6) is -0.648. The molecule has 2 amide bonds. The van der Waals surface area contributed by atoms with Gasteiger partial charge in [-0.1, -0.05) is 20.8 Å². The number of aryl methyl sites for hydroxylation is 1. The van der Waals surface area contributed by atoms with E-state index in [2.05, 4.69) is 26.1 Å². The molecule has 1 N–H and O–H groups in total. The normalized spacial score (nSPS) is 20.5. The highest BCUT2D eigenvalue weighted by Crippen LogP contribution is 2.34. The van der Waals surface area contributed by atoms with E-state index in [4.69, 9.17) is 4.74 Å². The topological polar surface area (TPSA) is 92.8 Å². The molecule has 1 aliphatic rings. The molecule has 0 spiro atoms. The molecular weight excluding hydrogens is 448 g/mol. The van der Waals surface area contributed by atoms with Gasteiger partial charge in [-0.3, -0.25) is 4.79 Å². The first-order chi connectivity index (χ1) is 14.3. The minimum absolute atomic E-state index is 0.0359. The molecule has 1 aliphatic heterocycles. The zero-order valence-corrected chi connectivity index (χ0v) is 22.2. The van der Waals surface area contributed by atoms with Crippen molar-refractivity contribution in [3.05, 3.63) is 23.8 Å². The lowest BCUT2D eigenvalue weighted by molar-refractivity contribution is -0.116. The van der Waals surface area contributed by atoms with Gasteiger partial charge in [0.1, 0.15) is 5.60 Å². The van der Waals surface area contributed by atoms with Gasteiger partial charge in [0.2, 0.25) is 5.91 Å². The Labute approximate surface area is 196 Å². The van der Waals surface area contributed by atoms with Gasteiger partial charge in [0.05, 0.1) is 4.75 Å². The summed E-state index contributed by atoms with van der Waals surface area (Å²) in [4.78, 5) is 28.1. The number of hydrogen-bond acceptors (Lipinski definition) is 6. The van der Waals surface area contributed by atoms with Crippen LogP contribution >= 0.6 is 11.8 Å². The maximum Gasteiger partial charge on any atom is 0.410 e. The zero-order chi connectivity index (χ0) is 24.7. The van der Waals surface area contributed by atoms with E-state index in [1.54, 1.807) is 38.6 Å². The molecule has 32 heavy (non-hydrogen) atoms. The van der Waals surface area contributed by atoms with Crippen LogP contribution in [-0.2, 0) is 19.4 Å². The second kappa shape index (κ2) is 8.89. The molecule has 1 saturated heterocycles. The van der Waals surface area contributed by atoms with Crippen molar-refractivity contribution in [1.29, 1.82) is 0 Å². The second-order valence-corrected chi connectivity index (χ2v) is 15.5. The third-order valence-electron chi connectivity index (χ3n) is 4.93. The molecule has 0 saturated carbocycles. The molecule has 180 valence electrons. The van der Waals surface area contributed by atoms with Crippen molar-refractivity contribution >= 4 is 39.3 Å². The number of rotatable bonds is 3. The first-order valence-electron chi connectivity index (χ1n) is 10.6. The molecule has 9 heteroatoms. The highest BCUT2D eigenvalue weighted by Gasteiger charge is 2.51. The van der Waals surface area contributed by atoms with Crippen molar-refractivity contribution in [2.24, 2.45) is 0 Å². The van der Waals surface area contributed by atoms with E-state index in [0.717, 1.165) is 10.5 Å². The summed E-state index contributed by atoms with van der Waals surface area (Å²) < 4.78 is 30.5. The number of nitrogens with zero attached hydrogens (tertiary/aromatic N) is 1. The number of anilines is 1. The zero-order valence-electron chi connectivity index (χ0n) is 20.5. The third kappa shape index (κ3) is 6.41. The Morgan fingerprint density at radius 3 is 2.25 bits per heavy atom. The predicted molar refractivity (Wildman–Crippen MR) is 130 cm³/mol. The fourth-order valence-corrected chi connectivity index (χ4v) is 6.30. The molecule has 7 nitrogen and oxygen atoms in total. The van der Waals surface area contributed by atoms with Crippen LogP contribution in [0.2, 0.25) is 0 Å². The highest BCUT2D eigenvalue weighted by molar-refractivity contribution is 8.00. The van der Waals surface area contributed by atoms with Gasteiger partial charge < -0.3 is 15.0 Å². The Hall–Kier alpha value is -1.74. The molecule has 1 fully saturated rings. The van der Waals surface area contributed by atoms with Gasteiger partial charge in [-0.25, -0.2) is 13.2 Å². The lowest BCUT2D eigenvalue weighted by Gasteiger charge is -2.41. The molecule has 1 atom stereocenters. The van der Waals surface area contributed by atoms with E-state index in [-0.39, 0.29) is 17.8 Å². The minimum atomic E-state index is -3.84. The van der Waals surface area contributed by atoms with Crippen molar-refractivity contribution in [1.82, 2.24) is 4.90 Å². The van der Waals surface area contributed by atoms with Crippen LogP contribution < -0.4 is 5.32 Å². The van der Waals surface area contributed by atoms with E-state index >= 15 is 0 Å². The number of sulfone groups is 1. The van der Waals surface area contributed by atoms with Crippen molar-refractivity contribution in [2.75, 3.05) is 18.4 Å². The Morgan fingerprint density at radius 1 is 1.16 bits per heavy atom. The van der Waals surface area contributed by atoms with Crippen LogP contribution in [0, 0.1) is 6.92 Å². The first-order valence-corrected chi connectivity index (χ1v) is 13.0. The van der Waals surface area contributed by atoms with Crippen molar-refractivity contribution in [3.8, 4) is 0 Å². The van der Waals surface area contributed by atoms with Crippen LogP contribution in [0.5, 0.6) is 0 Å². The van der Waals surface area contributed by atoms with Crippen LogP contribution in [0.15, 0.2) is 23.1 Å². The van der Waals surface area contributed by atoms with Crippen molar-refractivity contribution < 1.29 is 22.7 Å². The van der Waals surface area contributed by atoms with Crippen LogP contribution in [0.3, 0.4) is 0 Å². The quantitative estimate of drug-likeness (QED) is 0.629. The van der Waals surface area contributed by atoms with Gasteiger partial charge in [0, 0.05) is 28.4 Å². The number of amides is 2. The maximum absolute atomic E-state index is 13.2. The summed E-state index contributed by atoms with van der Waals surface area (Å²) in [6.07, 6.45) is -0.627. The molecule has 1 aromatic carbocycles. The number of hydrogen-bond donors (Lipinski definition) is 1. The fourth-order valence-electron chi connectivity index (χ4n) is 3.39. The number of carbonyl (C=O) groups is 2.